The van der Waals surface area contributed by atoms with Crippen molar-refractivity contribution in [3.05, 3.63) is 17.6 Å². The highest BCUT2D eigenvalue weighted by Crippen LogP contribution is 2.12. The first-order chi connectivity index (χ1) is 7.19. The Morgan fingerprint density at radius 2 is 2.20 bits per heavy atom. The molecule has 0 saturated carbocycles. The normalized spacial score (nSPS) is 12.5. The molecule has 15 heavy (non-hydrogen) atoms. The summed E-state index contributed by atoms with van der Waals surface area (Å²) in [5, 5.41) is 0. The van der Waals surface area contributed by atoms with E-state index in [9.17, 15) is 0 Å². The van der Waals surface area contributed by atoms with E-state index in [1.54, 1.807) is 7.11 Å². The van der Waals surface area contributed by atoms with Crippen molar-refractivity contribution in [1.29, 1.82) is 0 Å². The third kappa shape index (κ3) is 3.47. The SMILES string of the molecule is CCc1nc(CC(C)CN)cc(OC)n1. The van der Waals surface area contributed by atoms with Crippen LogP contribution in [0.2, 0.25) is 0 Å². The molecule has 1 rings (SSSR count). The molecule has 0 spiro atoms. The number of rotatable bonds is 5. The van der Waals surface area contributed by atoms with Crippen molar-refractivity contribution in [3.8, 4) is 5.88 Å². The maximum Gasteiger partial charge on any atom is 0.216 e. The van der Waals surface area contributed by atoms with Crippen LogP contribution < -0.4 is 10.5 Å². The first kappa shape index (κ1) is 11.9. The van der Waals surface area contributed by atoms with Crippen LogP contribution in [0.25, 0.3) is 0 Å². The zero-order valence-corrected chi connectivity index (χ0v) is 9.66. The standard InChI is InChI=1S/C11H19N3O/c1-4-10-13-9(5-8(2)7-12)6-11(14-10)15-3/h6,8H,4-5,7,12H2,1-3H3. The Bertz CT molecular complexity index is 292. The van der Waals surface area contributed by atoms with Crippen LogP contribution in [0.1, 0.15) is 25.4 Å². The number of ether oxygens (including phenoxy) is 1. The minimum absolute atomic E-state index is 0.439. The number of nitrogens with zero attached hydrogens (tertiary/aromatic N) is 2. The summed E-state index contributed by atoms with van der Waals surface area (Å²) in [6, 6.07) is 1.88. The maximum absolute atomic E-state index is 5.59. The van der Waals surface area contributed by atoms with Crippen molar-refractivity contribution in [3.63, 3.8) is 0 Å². The Morgan fingerprint density at radius 1 is 1.47 bits per heavy atom. The minimum atomic E-state index is 0.439. The van der Waals surface area contributed by atoms with Gasteiger partial charge in [0.1, 0.15) is 5.82 Å². The molecule has 0 fully saturated rings. The molecule has 1 unspecified atom stereocenters. The molecule has 1 aromatic rings. The van der Waals surface area contributed by atoms with Crippen molar-refractivity contribution in [2.75, 3.05) is 13.7 Å². The fraction of sp³-hybridized carbons (Fsp3) is 0.636. The van der Waals surface area contributed by atoms with E-state index in [4.69, 9.17) is 10.5 Å². The third-order valence-corrected chi connectivity index (χ3v) is 2.29. The monoisotopic (exact) mass is 209 g/mol. The first-order valence-electron chi connectivity index (χ1n) is 5.30. The number of methoxy groups -OCH3 is 1. The lowest BCUT2D eigenvalue weighted by molar-refractivity contribution is 0.393. The predicted molar refractivity (Wildman–Crippen MR) is 59.9 cm³/mol. The second-order valence-corrected chi connectivity index (χ2v) is 3.72. The van der Waals surface area contributed by atoms with Gasteiger partial charge in [-0.05, 0) is 18.9 Å². The van der Waals surface area contributed by atoms with Crippen LogP contribution in [0.5, 0.6) is 5.88 Å². The van der Waals surface area contributed by atoms with Crippen molar-refractivity contribution in [2.24, 2.45) is 11.7 Å². The zero-order valence-electron chi connectivity index (χ0n) is 9.66. The fourth-order valence-electron chi connectivity index (χ4n) is 1.33. The molecule has 1 atom stereocenters. The van der Waals surface area contributed by atoms with Crippen LogP contribution in [0, 0.1) is 5.92 Å². The van der Waals surface area contributed by atoms with Gasteiger partial charge in [-0.3, -0.25) is 0 Å². The average Bonchev–Trinajstić information content (AvgIpc) is 2.28. The van der Waals surface area contributed by atoms with Gasteiger partial charge in [0, 0.05) is 18.2 Å². The Balaban J connectivity index is 2.86. The van der Waals surface area contributed by atoms with Crippen LogP contribution in [-0.2, 0) is 12.8 Å². The Hall–Kier alpha value is -1.16. The summed E-state index contributed by atoms with van der Waals surface area (Å²) in [6.45, 7) is 4.82. The van der Waals surface area contributed by atoms with Gasteiger partial charge >= 0.3 is 0 Å². The third-order valence-electron chi connectivity index (χ3n) is 2.29. The fourth-order valence-corrected chi connectivity index (χ4v) is 1.33. The highest BCUT2D eigenvalue weighted by molar-refractivity contribution is 5.16. The molecular formula is C11H19N3O. The van der Waals surface area contributed by atoms with Crippen molar-refractivity contribution >= 4 is 0 Å². The van der Waals surface area contributed by atoms with E-state index in [2.05, 4.69) is 16.9 Å². The molecule has 0 aliphatic heterocycles. The largest absolute Gasteiger partial charge is 0.481 e. The molecule has 84 valence electrons. The second-order valence-electron chi connectivity index (χ2n) is 3.72. The second kappa shape index (κ2) is 5.66. The van der Waals surface area contributed by atoms with Crippen LogP contribution in [-0.4, -0.2) is 23.6 Å². The molecule has 4 nitrogen and oxygen atoms in total. The van der Waals surface area contributed by atoms with Gasteiger partial charge in [0.15, 0.2) is 0 Å². The quantitative estimate of drug-likeness (QED) is 0.791. The predicted octanol–water partition coefficient (Wildman–Crippen LogP) is 1.18. The van der Waals surface area contributed by atoms with Gasteiger partial charge in [0.2, 0.25) is 5.88 Å². The summed E-state index contributed by atoms with van der Waals surface area (Å²) in [6.07, 6.45) is 1.70. The Morgan fingerprint density at radius 3 is 2.73 bits per heavy atom. The van der Waals surface area contributed by atoms with E-state index < -0.39 is 0 Å². The maximum atomic E-state index is 5.59. The van der Waals surface area contributed by atoms with E-state index in [1.165, 1.54) is 0 Å². The number of aromatic nitrogens is 2. The number of hydrogen-bond donors (Lipinski definition) is 1. The van der Waals surface area contributed by atoms with Crippen molar-refractivity contribution in [2.45, 2.75) is 26.7 Å². The van der Waals surface area contributed by atoms with Crippen LogP contribution in [0.4, 0.5) is 0 Å². The summed E-state index contributed by atoms with van der Waals surface area (Å²) < 4.78 is 5.13. The van der Waals surface area contributed by atoms with Crippen LogP contribution >= 0.6 is 0 Å². The summed E-state index contributed by atoms with van der Waals surface area (Å²) in [5.41, 5.74) is 6.60. The van der Waals surface area contributed by atoms with Gasteiger partial charge in [-0.15, -0.1) is 0 Å². The van der Waals surface area contributed by atoms with E-state index in [0.717, 1.165) is 24.4 Å². The Labute approximate surface area is 90.9 Å². The molecule has 0 saturated heterocycles. The van der Waals surface area contributed by atoms with Gasteiger partial charge in [0.05, 0.1) is 7.11 Å². The number of nitrogens with two attached hydrogens (primary N) is 1. The van der Waals surface area contributed by atoms with E-state index in [-0.39, 0.29) is 0 Å². The van der Waals surface area contributed by atoms with Gasteiger partial charge in [-0.1, -0.05) is 13.8 Å². The van der Waals surface area contributed by atoms with E-state index >= 15 is 0 Å². The number of hydrogen-bond acceptors (Lipinski definition) is 4. The van der Waals surface area contributed by atoms with Crippen LogP contribution in [0.3, 0.4) is 0 Å². The number of aryl methyl sites for hydroxylation is 1. The topological polar surface area (TPSA) is 61.0 Å². The molecule has 0 aliphatic rings. The summed E-state index contributed by atoms with van der Waals surface area (Å²) in [4.78, 5) is 8.68. The van der Waals surface area contributed by atoms with Gasteiger partial charge < -0.3 is 10.5 Å². The van der Waals surface area contributed by atoms with Gasteiger partial charge in [-0.2, -0.15) is 4.98 Å². The van der Waals surface area contributed by atoms with Gasteiger partial charge in [-0.25, -0.2) is 4.98 Å². The molecular weight excluding hydrogens is 190 g/mol. The highest BCUT2D eigenvalue weighted by atomic mass is 16.5. The lowest BCUT2D eigenvalue weighted by atomic mass is 10.1. The lowest BCUT2D eigenvalue weighted by Crippen LogP contribution is -2.14. The van der Waals surface area contributed by atoms with Crippen molar-refractivity contribution in [1.82, 2.24) is 9.97 Å². The van der Waals surface area contributed by atoms with Crippen LogP contribution in [0.15, 0.2) is 6.07 Å². The summed E-state index contributed by atoms with van der Waals surface area (Å²) in [7, 11) is 1.62. The first-order valence-corrected chi connectivity index (χ1v) is 5.30. The van der Waals surface area contributed by atoms with Crippen molar-refractivity contribution < 1.29 is 4.74 Å². The molecule has 1 aromatic heterocycles. The van der Waals surface area contributed by atoms with E-state index in [1.807, 2.05) is 13.0 Å². The molecule has 0 aliphatic carbocycles. The minimum Gasteiger partial charge on any atom is -0.481 e. The van der Waals surface area contributed by atoms with E-state index in [0.29, 0.717) is 18.3 Å². The summed E-state index contributed by atoms with van der Waals surface area (Å²) >= 11 is 0. The Kier molecular flexibility index (Phi) is 4.49. The van der Waals surface area contributed by atoms with Gasteiger partial charge in [0.25, 0.3) is 0 Å². The molecule has 2 N–H and O–H groups in total. The highest BCUT2D eigenvalue weighted by Gasteiger charge is 2.07. The average molecular weight is 209 g/mol. The zero-order chi connectivity index (χ0) is 11.3. The molecule has 4 heteroatoms. The molecule has 1 heterocycles. The molecule has 0 amide bonds. The molecule has 0 radical (unpaired) electrons. The smallest absolute Gasteiger partial charge is 0.216 e. The summed E-state index contributed by atoms with van der Waals surface area (Å²) in [5.74, 6) is 1.91. The molecule has 0 bridgehead atoms. The lowest BCUT2D eigenvalue weighted by Gasteiger charge is -2.09. The molecule has 0 aromatic carbocycles.